The third-order valence-corrected chi connectivity index (χ3v) is 3.50. The first-order valence-electron chi connectivity index (χ1n) is 3.51. The number of hydrogen-bond donors (Lipinski definition) is 1. The van der Waals surface area contributed by atoms with E-state index >= 15 is 0 Å². The highest BCUT2D eigenvalue weighted by Crippen LogP contribution is 2.31. The van der Waals surface area contributed by atoms with Crippen molar-refractivity contribution in [3.8, 4) is 16.0 Å². The van der Waals surface area contributed by atoms with Crippen molar-refractivity contribution in [1.82, 2.24) is 4.98 Å². The molecule has 3 nitrogen and oxygen atoms in total. The van der Waals surface area contributed by atoms with E-state index < -0.39 is 0 Å². The zero-order valence-electron chi connectivity index (χ0n) is 6.52. The predicted molar refractivity (Wildman–Crippen MR) is 54.6 cm³/mol. The van der Waals surface area contributed by atoms with E-state index in [9.17, 15) is 0 Å². The summed E-state index contributed by atoms with van der Waals surface area (Å²) < 4.78 is 0. The zero-order valence-corrected chi connectivity index (χ0v) is 8.15. The number of nitrogens with zero attached hydrogens (tertiary/aromatic N) is 2. The highest BCUT2D eigenvalue weighted by atomic mass is 32.1. The van der Waals surface area contributed by atoms with Gasteiger partial charge >= 0.3 is 0 Å². The van der Waals surface area contributed by atoms with Crippen LogP contribution in [0.5, 0.6) is 0 Å². The molecule has 0 amide bonds. The maximum atomic E-state index is 8.67. The largest absolute Gasteiger partial charge is 0.382 e. The summed E-state index contributed by atoms with van der Waals surface area (Å²) in [6.45, 7) is 0. The average molecular weight is 207 g/mol. The summed E-state index contributed by atoms with van der Waals surface area (Å²) in [5, 5.41) is 11.5. The molecular weight excluding hydrogens is 202 g/mol. The smallest absolute Gasteiger partial charge is 0.153 e. The van der Waals surface area contributed by atoms with E-state index in [0.717, 1.165) is 9.88 Å². The summed E-state index contributed by atoms with van der Waals surface area (Å²) in [6.07, 6.45) is 0. The zero-order chi connectivity index (χ0) is 9.26. The second-order valence-corrected chi connectivity index (χ2v) is 4.27. The average Bonchev–Trinajstić information content (AvgIpc) is 2.71. The molecule has 0 saturated heterocycles. The molecule has 64 valence electrons. The van der Waals surface area contributed by atoms with Gasteiger partial charge in [0.15, 0.2) is 5.82 Å². The van der Waals surface area contributed by atoms with E-state index in [-0.39, 0.29) is 0 Å². The number of thiophene rings is 1. The van der Waals surface area contributed by atoms with Gasteiger partial charge in [-0.2, -0.15) is 5.26 Å². The SMILES string of the molecule is N#Cc1sc(-c2cccs2)nc1N. The monoisotopic (exact) mass is 207 g/mol. The van der Waals surface area contributed by atoms with Crippen LogP contribution in [0.4, 0.5) is 5.82 Å². The Morgan fingerprint density at radius 3 is 2.92 bits per heavy atom. The van der Waals surface area contributed by atoms with E-state index in [2.05, 4.69) is 4.98 Å². The van der Waals surface area contributed by atoms with Gasteiger partial charge in [0.25, 0.3) is 0 Å². The molecule has 0 aromatic carbocycles. The van der Waals surface area contributed by atoms with Crippen LogP contribution >= 0.6 is 22.7 Å². The van der Waals surface area contributed by atoms with Gasteiger partial charge in [0.2, 0.25) is 0 Å². The molecule has 0 spiro atoms. The normalized spacial score (nSPS) is 9.77. The van der Waals surface area contributed by atoms with Gasteiger partial charge in [0.05, 0.1) is 4.88 Å². The highest BCUT2D eigenvalue weighted by Gasteiger charge is 2.09. The van der Waals surface area contributed by atoms with Gasteiger partial charge in [-0.1, -0.05) is 17.4 Å². The minimum absolute atomic E-state index is 0.330. The molecule has 2 heterocycles. The van der Waals surface area contributed by atoms with Gasteiger partial charge in [-0.25, -0.2) is 4.98 Å². The van der Waals surface area contributed by atoms with Crippen molar-refractivity contribution in [3.63, 3.8) is 0 Å². The fraction of sp³-hybridized carbons (Fsp3) is 0. The van der Waals surface area contributed by atoms with Gasteiger partial charge in [-0.05, 0) is 11.4 Å². The molecule has 0 bridgehead atoms. The quantitative estimate of drug-likeness (QED) is 0.780. The standard InChI is InChI=1S/C8H5N3S2/c9-4-6-7(10)11-8(13-6)5-2-1-3-12-5/h1-3H,10H2. The number of thiazole rings is 1. The molecule has 2 N–H and O–H groups in total. The van der Waals surface area contributed by atoms with Crippen molar-refractivity contribution in [2.45, 2.75) is 0 Å². The Balaban J connectivity index is 2.50. The van der Waals surface area contributed by atoms with Crippen LogP contribution in [0, 0.1) is 11.3 Å². The summed E-state index contributed by atoms with van der Waals surface area (Å²) in [4.78, 5) is 5.65. The lowest BCUT2D eigenvalue weighted by Gasteiger charge is -1.84. The minimum atomic E-state index is 0.330. The van der Waals surface area contributed by atoms with Gasteiger partial charge in [-0.3, -0.25) is 0 Å². The Morgan fingerprint density at radius 1 is 1.54 bits per heavy atom. The maximum Gasteiger partial charge on any atom is 0.153 e. The van der Waals surface area contributed by atoms with Crippen molar-refractivity contribution in [2.75, 3.05) is 5.73 Å². The van der Waals surface area contributed by atoms with Crippen LogP contribution in [-0.4, -0.2) is 4.98 Å². The van der Waals surface area contributed by atoms with Crippen molar-refractivity contribution in [2.24, 2.45) is 0 Å². The van der Waals surface area contributed by atoms with Crippen molar-refractivity contribution < 1.29 is 0 Å². The molecule has 0 aliphatic heterocycles. The fourth-order valence-electron chi connectivity index (χ4n) is 0.918. The number of rotatable bonds is 1. The van der Waals surface area contributed by atoms with Gasteiger partial charge < -0.3 is 5.73 Å². The Labute approximate surface area is 83.1 Å². The van der Waals surface area contributed by atoms with Crippen LogP contribution in [0.2, 0.25) is 0 Å². The topological polar surface area (TPSA) is 62.7 Å². The second-order valence-electron chi connectivity index (χ2n) is 2.32. The predicted octanol–water partition coefficient (Wildman–Crippen LogP) is 2.33. The highest BCUT2D eigenvalue weighted by molar-refractivity contribution is 7.21. The Morgan fingerprint density at radius 2 is 2.38 bits per heavy atom. The molecule has 0 radical (unpaired) electrons. The molecule has 0 saturated carbocycles. The molecule has 2 aromatic heterocycles. The number of anilines is 1. The lowest BCUT2D eigenvalue weighted by atomic mass is 10.5. The molecule has 2 aromatic rings. The summed E-state index contributed by atoms with van der Waals surface area (Å²) in [5.41, 5.74) is 5.54. The Hall–Kier alpha value is -1.38. The van der Waals surface area contributed by atoms with Crippen molar-refractivity contribution in [3.05, 3.63) is 22.4 Å². The van der Waals surface area contributed by atoms with Gasteiger partial charge in [0.1, 0.15) is 16.0 Å². The van der Waals surface area contributed by atoms with Crippen LogP contribution in [0.15, 0.2) is 17.5 Å². The number of nitrogen functional groups attached to an aromatic ring is 1. The molecular formula is C8H5N3S2. The lowest BCUT2D eigenvalue weighted by Crippen LogP contribution is -1.86. The molecule has 0 atom stereocenters. The van der Waals surface area contributed by atoms with Crippen LogP contribution in [-0.2, 0) is 0 Å². The van der Waals surface area contributed by atoms with Crippen LogP contribution in [0.1, 0.15) is 4.88 Å². The molecule has 13 heavy (non-hydrogen) atoms. The number of nitrogens with two attached hydrogens (primary N) is 1. The minimum Gasteiger partial charge on any atom is -0.382 e. The Kier molecular flexibility index (Phi) is 2.00. The first-order valence-corrected chi connectivity index (χ1v) is 5.21. The van der Waals surface area contributed by atoms with Crippen molar-refractivity contribution >= 4 is 28.5 Å². The van der Waals surface area contributed by atoms with E-state index in [1.54, 1.807) is 11.3 Å². The van der Waals surface area contributed by atoms with Crippen molar-refractivity contribution in [1.29, 1.82) is 5.26 Å². The lowest BCUT2D eigenvalue weighted by molar-refractivity contribution is 1.41. The molecule has 0 fully saturated rings. The summed E-state index contributed by atoms with van der Waals surface area (Å²) in [7, 11) is 0. The van der Waals surface area contributed by atoms with Gasteiger partial charge in [-0.15, -0.1) is 11.3 Å². The van der Waals surface area contributed by atoms with E-state index in [0.29, 0.717) is 10.7 Å². The van der Waals surface area contributed by atoms with E-state index in [1.807, 2.05) is 23.6 Å². The summed E-state index contributed by atoms with van der Waals surface area (Å²) in [6, 6.07) is 5.92. The number of hydrogen-bond acceptors (Lipinski definition) is 5. The third-order valence-electron chi connectivity index (χ3n) is 1.49. The summed E-state index contributed by atoms with van der Waals surface area (Å²) in [5.74, 6) is 0.330. The molecule has 5 heteroatoms. The van der Waals surface area contributed by atoms with Gasteiger partial charge in [0, 0.05) is 0 Å². The van der Waals surface area contributed by atoms with E-state index in [1.165, 1.54) is 11.3 Å². The molecule has 0 unspecified atom stereocenters. The van der Waals surface area contributed by atoms with Crippen LogP contribution in [0.25, 0.3) is 9.88 Å². The number of aromatic nitrogens is 1. The molecule has 0 aliphatic rings. The van der Waals surface area contributed by atoms with E-state index in [4.69, 9.17) is 11.0 Å². The molecule has 2 rings (SSSR count). The first kappa shape index (κ1) is 8.23. The fourth-order valence-corrected chi connectivity index (χ4v) is 2.50. The second kappa shape index (κ2) is 3.17. The molecule has 0 aliphatic carbocycles. The maximum absolute atomic E-state index is 8.67. The third kappa shape index (κ3) is 1.41. The van der Waals surface area contributed by atoms with Crippen LogP contribution < -0.4 is 5.73 Å². The first-order chi connectivity index (χ1) is 6.31. The Bertz CT molecular complexity index is 450. The number of nitriles is 1. The van der Waals surface area contributed by atoms with Crippen LogP contribution in [0.3, 0.4) is 0 Å². The summed E-state index contributed by atoms with van der Waals surface area (Å²) >= 11 is 2.92.